The Balaban J connectivity index is 2.19. The summed E-state index contributed by atoms with van der Waals surface area (Å²) in [7, 11) is 0. The van der Waals surface area contributed by atoms with Crippen molar-refractivity contribution in [3.8, 4) is 10.9 Å². The van der Waals surface area contributed by atoms with E-state index in [4.69, 9.17) is 15.6 Å². The van der Waals surface area contributed by atoms with Gasteiger partial charge in [-0.2, -0.15) is 0 Å². The van der Waals surface area contributed by atoms with E-state index in [0.29, 0.717) is 17.0 Å². The van der Waals surface area contributed by atoms with E-state index in [1.54, 1.807) is 19.1 Å². The summed E-state index contributed by atoms with van der Waals surface area (Å²) in [4.78, 5) is 25.9. The number of thiazole rings is 1. The summed E-state index contributed by atoms with van der Waals surface area (Å²) in [5.74, 6) is -1.10. The number of carbonyl (C=O) groups is 2. The van der Waals surface area contributed by atoms with Crippen LogP contribution in [0.3, 0.4) is 0 Å². The lowest BCUT2D eigenvalue weighted by molar-refractivity contribution is 0.0701. The molecule has 0 saturated carbocycles. The predicted molar refractivity (Wildman–Crippen MR) is 68.8 cm³/mol. The number of carbonyl (C=O) groups excluding carboxylic acids is 1. The molecule has 19 heavy (non-hydrogen) atoms. The van der Waals surface area contributed by atoms with E-state index in [1.165, 1.54) is 12.1 Å². The largest absolute Gasteiger partial charge is 0.477 e. The Morgan fingerprint density at radius 2 is 1.95 bits per heavy atom. The third-order valence-corrected chi connectivity index (χ3v) is 3.34. The van der Waals surface area contributed by atoms with Gasteiger partial charge in [0, 0.05) is 5.56 Å². The fraction of sp³-hybridized carbons (Fsp3) is 0.0833. The lowest BCUT2D eigenvalue weighted by Gasteiger charge is -2.01. The predicted octanol–water partition coefficient (Wildman–Crippen LogP) is 2.04. The molecule has 1 heterocycles. The van der Waals surface area contributed by atoms with Gasteiger partial charge in [0.2, 0.25) is 5.91 Å². The van der Waals surface area contributed by atoms with E-state index < -0.39 is 11.9 Å². The van der Waals surface area contributed by atoms with Crippen LogP contribution in [0.1, 0.15) is 25.7 Å². The van der Waals surface area contributed by atoms with Crippen LogP contribution in [0.2, 0.25) is 0 Å². The van der Waals surface area contributed by atoms with Gasteiger partial charge in [-0.1, -0.05) is 11.3 Å². The molecule has 98 valence electrons. The number of nitrogens with two attached hydrogens (primary N) is 1. The molecule has 1 aromatic carbocycles. The van der Waals surface area contributed by atoms with Crippen molar-refractivity contribution in [2.24, 2.45) is 5.73 Å². The van der Waals surface area contributed by atoms with Gasteiger partial charge in [0.05, 0.1) is 5.69 Å². The van der Waals surface area contributed by atoms with E-state index in [9.17, 15) is 9.59 Å². The average molecular weight is 278 g/mol. The molecule has 2 rings (SSSR count). The standard InChI is InChI=1S/C12H10N2O4S/c1-6-9(11(16)17)19-12(14-6)18-8-4-2-7(3-5-8)10(13)15/h2-5H,1H3,(H2,13,15)(H,16,17). The number of aromatic nitrogens is 1. The number of primary amides is 1. The first-order valence-electron chi connectivity index (χ1n) is 5.26. The summed E-state index contributed by atoms with van der Waals surface area (Å²) in [6, 6.07) is 6.18. The van der Waals surface area contributed by atoms with E-state index in [1.807, 2.05) is 0 Å². The highest BCUT2D eigenvalue weighted by molar-refractivity contribution is 7.15. The van der Waals surface area contributed by atoms with Crippen molar-refractivity contribution < 1.29 is 19.4 Å². The van der Waals surface area contributed by atoms with Crippen molar-refractivity contribution in [1.29, 1.82) is 0 Å². The lowest BCUT2D eigenvalue weighted by atomic mass is 10.2. The van der Waals surface area contributed by atoms with Crippen molar-refractivity contribution >= 4 is 23.2 Å². The number of rotatable bonds is 4. The Morgan fingerprint density at radius 3 is 2.42 bits per heavy atom. The summed E-state index contributed by atoms with van der Waals surface area (Å²) in [5.41, 5.74) is 5.89. The summed E-state index contributed by atoms with van der Waals surface area (Å²) < 4.78 is 5.42. The number of carboxylic acid groups (broad SMARTS) is 1. The molecule has 0 aliphatic heterocycles. The molecule has 0 aliphatic rings. The van der Waals surface area contributed by atoms with Gasteiger partial charge in [-0.15, -0.1) is 0 Å². The molecule has 0 aliphatic carbocycles. The second-order valence-corrected chi connectivity index (χ2v) is 4.65. The summed E-state index contributed by atoms with van der Waals surface area (Å²) in [6.07, 6.45) is 0. The van der Waals surface area contributed by atoms with Gasteiger partial charge in [-0.25, -0.2) is 9.78 Å². The fourth-order valence-electron chi connectivity index (χ4n) is 1.40. The van der Waals surface area contributed by atoms with Gasteiger partial charge < -0.3 is 15.6 Å². The van der Waals surface area contributed by atoms with Crippen LogP contribution in [-0.4, -0.2) is 22.0 Å². The van der Waals surface area contributed by atoms with Crippen LogP contribution in [0.25, 0.3) is 0 Å². The normalized spacial score (nSPS) is 10.2. The number of hydrogen-bond acceptors (Lipinski definition) is 5. The minimum Gasteiger partial charge on any atom is -0.477 e. The third-order valence-electron chi connectivity index (χ3n) is 2.32. The van der Waals surface area contributed by atoms with Gasteiger partial charge >= 0.3 is 5.97 Å². The minimum absolute atomic E-state index is 0.142. The molecule has 2 aromatic rings. The molecule has 3 N–H and O–H groups in total. The SMILES string of the molecule is Cc1nc(Oc2ccc(C(N)=O)cc2)sc1C(=O)O. The zero-order valence-corrected chi connectivity index (χ0v) is 10.7. The molecular weight excluding hydrogens is 268 g/mol. The first-order valence-corrected chi connectivity index (χ1v) is 6.07. The molecule has 1 aromatic heterocycles. The molecule has 0 spiro atoms. The van der Waals surface area contributed by atoms with Gasteiger partial charge in [-0.05, 0) is 31.2 Å². The number of ether oxygens (including phenoxy) is 1. The molecule has 0 saturated heterocycles. The summed E-state index contributed by atoms with van der Waals surface area (Å²) in [6.45, 7) is 1.60. The molecule has 1 amide bonds. The van der Waals surface area contributed by atoms with Crippen molar-refractivity contribution in [2.45, 2.75) is 6.92 Å². The van der Waals surface area contributed by atoms with Crippen molar-refractivity contribution in [1.82, 2.24) is 4.98 Å². The van der Waals surface area contributed by atoms with Crippen molar-refractivity contribution in [2.75, 3.05) is 0 Å². The number of aromatic carboxylic acids is 1. The van der Waals surface area contributed by atoms with E-state index >= 15 is 0 Å². The third kappa shape index (κ3) is 2.89. The second kappa shape index (κ2) is 5.07. The van der Waals surface area contributed by atoms with Gasteiger partial charge in [0.15, 0.2) is 0 Å². The number of aryl methyl sites for hydroxylation is 1. The van der Waals surface area contributed by atoms with E-state index in [-0.39, 0.29) is 10.1 Å². The maximum atomic E-state index is 10.9. The summed E-state index contributed by atoms with van der Waals surface area (Å²) >= 11 is 0.948. The van der Waals surface area contributed by atoms with Gasteiger partial charge in [-0.3, -0.25) is 4.79 Å². The smallest absolute Gasteiger partial charge is 0.347 e. The van der Waals surface area contributed by atoms with Crippen LogP contribution in [0, 0.1) is 6.92 Å². The zero-order chi connectivity index (χ0) is 14.0. The maximum absolute atomic E-state index is 10.9. The second-order valence-electron chi connectivity index (χ2n) is 3.69. The Hall–Kier alpha value is -2.41. The molecule has 0 fully saturated rings. The first-order chi connectivity index (χ1) is 8.97. The molecule has 0 atom stereocenters. The molecule has 0 bridgehead atoms. The Bertz CT molecular complexity index is 634. The number of benzene rings is 1. The van der Waals surface area contributed by atoms with Crippen LogP contribution >= 0.6 is 11.3 Å². The molecule has 0 radical (unpaired) electrons. The number of amides is 1. The van der Waals surface area contributed by atoms with E-state index in [0.717, 1.165) is 11.3 Å². The highest BCUT2D eigenvalue weighted by atomic mass is 32.1. The van der Waals surface area contributed by atoms with Gasteiger partial charge in [0.1, 0.15) is 10.6 Å². The van der Waals surface area contributed by atoms with Crippen LogP contribution in [0.15, 0.2) is 24.3 Å². The Labute approximate surface area is 112 Å². The van der Waals surface area contributed by atoms with Gasteiger partial charge in [0.25, 0.3) is 5.19 Å². The topological polar surface area (TPSA) is 103 Å². The van der Waals surface area contributed by atoms with Crippen LogP contribution in [-0.2, 0) is 0 Å². The van der Waals surface area contributed by atoms with Crippen LogP contribution < -0.4 is 10.5 Å². The zero-order valence-electron chi connectivity index (χ0n) is 9.91. The highest BCUT2D eigenvalue weighted by Crippen LogP contribution is 2.29. The fourth-order valence-corrected chi connectivity index (χ4v) is 2.18. The summed E-state index contributed by atoms with van der Waals surface area (Å²) in [5, 5.41) is 9.14. The number of hydrogen-bond donors (Lipinski definition) is 2. The van der Waals surface area contributed by atoms with Crippen molar-refractivity contribution in [3.63, 3.8) is 0 Å². The highest BCUT2D eigenvalue weighted by Gasteiger charge is 2.15. The molecular formula is C12H10N2O4S. The average Bonchev–Trinajstić information content (AvgIpc) is 2.71. The minimum atomic E-state index is -1.03. The van der Waals surface area contributed by atoms with Crippen LogP contribution in [0.5, 0.6) is 10.9 Å². The van der Waals surface area contributed by atoms with E-state index in [2.05, 4.69) is 4.98 Å². The maximum Gasteiger partial charge on any atom is 0.347 e. The molecule has 0 unspecified atom stereocenters. The molecule has 7 heteroatoms. The Morgan fingerprint density at radius 1 is 1.32 bits per heavy atom. The Kier molecular flexibility index (Phi) is 3.48. The first kappa shape index (κ1) is 13.0. The molecule has 6 nitrogen and oxygen atoms in total. The van der Waals surface area contributed by atoms with Crippen molar-refractivity contribution in [3.05, 3.63) is 40.4 Å². The monoisotopic (exact) mass is 278 g/mol. The number of carboxylic acids is 1. The lowest BCUT2D eigenvalue weighted by Crippen LogP contribution is -2.10. The van der Waals surface area contributed by atoms with Crippen LogP contribution in [0.4, 0.5) is 0 Å². The quantitative estimate of drug-likeness (QED) is 0.890. The number of nitrogens with zero attached hydrogens (tertiary/aromatic N) is 1.